The Morgan fingerprint density at radius 3 is 2.84 bits per heavy atom. The molecule has 1 fully saturated rings. The molecular weight excluding hydrogens is 302 g/mol. The Hall–Kier alpha value is -1.03. The zero-order valence-electron chi connectivity index (χ0n) is 11.3. The highest BCUT2D eigenvalue weighted by Gasteiger charge is 2.17. The minimum atomic E-state index is 0.609. The average Bonchev–Trinajstić information content (AvgIpc) is 2.78. The Balaban J connectivity index is 1.97. The Kier molecular flexibility index (Phi) is 3.78. The SMILES string of the molecule is CCc1nc2ccc(Br)cn2c1NC1CCCCC1. The van der Waals surface area contributed by atoms with Crippen LogP contribution in [-0.2, 0) is 6.42 Å². The number of aromatic nitrogens is 2. The monoisotopic (exact) mass is 321 g/mol. The van der Waals surface area contributed by atoms with E-state index < -0.39 is 0 Å². The van der Waals surface area contributed by atoms with Gasteiger partial charge in [0.1, 0.15) is 11.5 Å². The fourth-order valence-electron chi connectivity index (χ4n) is 2.91. The van der Waals surface area contributed by atoms with Crippen molar-refractivity contribution in [3.8, 4) is 0 Å². The maximum absolute atomic E-state index is 4.72. The van der Waals surface area contributed by atoms with Crippen LogP contribution >= 0.6 is 15.9 Å². The smallest absolute Gasteiger partial charge is 0.138 e. The summed E-state index contributed by atoms with van der Waals surface area (Å²) < 4.78 is 3.27. The predicted molar refractivity (Wildman–Crippen MR) is 82.8 cm³/mol. The van der Waals surface area contributed by atoms with Gasteiger partial charge in [-0.25, -0.2) is 4.98 Å². The standard InChI is InChI=1S/C15H20BrN3/c1-2-13-15(17-12-6-4-3-5-7-12)19-10-11(16)8-9-14(19)18-13/h8-10,12,17H,2-7H2,1H3. The van der Waals surface area contributed by atoms with Crippen LogP contribution in [0.5, 0.6) is 0 Å². The van der Waals surface area contributed by atoms with Crippen molar-refractivity contribution < 1.29 is 0 Å². The molecule has 1 aliphatic rings. The second-order valence-corrected chi connectivity index (χ2v) is 6.23. The first kappa shape index (κ1) is 13.0. The zero-order chi connectivity index (χ0) is 13.2. The molecule has 2 aromatic heterocycles. The number of rotatable bonds is 3. The molecular formula is C15H20BrN3. The van der Waals surface area contributed by atoms with Gasteiger partial charge in [-0.3, -0.25) is 4.40 Å². The molecule has 2 heterocycles. The fourth-order valence-corrected chi connectivity index (χ4v) is 3.24. The van der Waals surface area contributed by atoms with Gasteiger partial charge in [-0.05, 0) is 47.3 Å². The van der Waals surface area contributed by atoms with E-state index in [1.54, 1.807) is 0 Å². The van der Waals surface area contributed by atoms with Gasteiger partial charge in [0.15, 0.2) is 0 Å². The lowest BCUT2D eigenvalue weighted by Crippen LogP contribution is -2.23. The van der Waals surface area contributed by atoms with E-state index in [1.807, 2.05) is 6.07 Å². The summed E-state index contributed by atoms with van der Waals surface area (Å²) in [5.41, 5.74) is 2.20. The van der Waals surface area contributed by atoms with Crippen LogP contribution in [0.4, 0.5) is 5.82 Å². The Bertz CT molecular complexity index is 570. The number of nitrogens with one attached hydrogen (secondary N) is 1. The summed E-state index contributed by atoms with van der Waals surface area (Å²) in [5.74, 6) is 1.19. The van der Waals surface area contributed by atoms with Gasteiger partial charge in [-0.15, -0.1) is 0 Å². The summed E-state index contributed by atoms with van der Waals surface area (Å²) in [4.78, 5) is 4.72. The molecule has 3 rings (SSSR count). The van der Waals surface area contributed by atoms with Gasteiger partial charge in [0.25, 0.3) is 0 Å². The molecule has 0 bridgehead atoms. The lowest BCUT2D eigenvalue weighted by atomic mass is 9.95. The molecule has 0 unspecified atom stereocenters. The van der Waals surface area contributed by atoms with Crippen LogP contribution in [-0.4, -0.2) is 15.4 Å². The summed E-state index contributed by atoms with van der Waals surface area (Å²) in [6.07, 6.45) is 9.71. The molecule has 4 heteroatoms. The minimum Gasteiger partial charge on any atom is -0.367 e. The number of imidazole rings is 1. The molecule has 1 saturated carbocycles. The molecule has 1 N–H and O–H groups in total. The van der Waals surface area contributed by atoms with E-state index in [9.17, 15) is 0 Å². The van der Waals surface area contributed by atoms with Crippen molar-refractivity contribution >= 4 is 27.4 Å². The molecule has 0 radical (unpaired) electrons. The number of hydrogen-bond acceptors (Lipinski definition) is 2. The van der Waals surface area contributed by atoms with E-state index >= 15 is 0 Å². The van der Waals surface area contributed by atoms with Crippen LogP contribution < -0.4 is 5.32 Å². The predicted octanol–water partition coefficient (Wildman–Crippen LogP) is 4.40. The second kappa shape index (κ2) is 5.53. The average molecular weight is 322 g/mol. The van der Waals surface area contributed by atoms with Crippen molar-refractivity contribution in [2.75, 3.05) is 5.32 Å². The first-order chi connectivity index (χ1) is 9.28. The molecule has 3 nitrogen and oxygen atoms in total. The molecule has 1 aliphatic carbocycles. The lowest BCUT2D eigenvalue weighted by Gasteiger charge is -2.24. The third-order valence-electron chi connectivity index (χ3n) is 3.94. The van der Waals surface area contributed by atoms with E-state index in [-0.39, 0.29) is 0 Å². The van der Waals surface area contributed by atoms with Crippen LogP contribution in [0.3, 0.4) is 0 Å². The van der Waals surface area contributed by atoms with E-state index in [0.717, 1.165) is 16.5 Å². The quantitative estimate of drug-likeness (QED) is 0.907. The topological polar surface area (TPSA) is 29.3 Å². The Morgan fingerprint density at radius 1 is 1.32 bits per heavy atom. The number of aryl methyl sites for hydroxylation is 1. The molecule has 102 valence electrons. The molecule has 0 amide bonds. The summed E-state index contributed by atoms with van der Waals surface area (Å²) in [6.45, 7) is 2.17. The lowest BCUT2D eigenvalue weighted by molar-refractivity contribution is 0.461. The van der Waals surface area contributed by atoms with Gasteiger partial charge in [-0.2, -0.15) is 0 Å². The van der Waals surface area contributed by atoms with Gasteiger partial charge < -0.3 is 5.32 Å². The fraction of sp³-hybridized carbons (Fsp3) is 0.533. The van der Waals surface area contributed by atoms with E-state index in [0.29, 0.717) is 6.04 Å². The van der Waals surface area contributed by atoms with Crippen molar-refractivity contribution in [2.24, 2.45) is 0 Å². The van der Waals surface area contributed by atoms with Crippen LogP contribution in [0.15, 0.2) is 22.8 Å². The number of hydrogen-bond donors (Lipinski definition) is 1. The van der Waals surface area contributed by atoms with Crippen LogP contribution in [0.25, 0.3) is 5.65 Å². The van der Waals surface area contributed by atoms with E-state index in [2.05, 4.69) is 44.8 Å². The Morgan fingerprint density at radius 2 is 2.11 bits per heavy atom. The van der Waals surface area contributed by atoms with Gasteiger partial charge in [0, 0.05) is 16.7 Å². The molecule has 0 aliphatic heterocycles. The molecule has 0 atom stereocenters. The summed E-state index contributed by atoms with van der Waals surface area (Å²) in [7, 11) is 0. The Labute approximate surface area is 122 Å². The summed E-state index contributed by atoms with van der Waals surface area (Å²) >= 11 is 3.55. The maximum Gasteiger partial charge on any atom is 0.138 e. The number of pyridine rings is 1. The summed E-state index contributed by atoms with van der Waals surface area (Å²) in [6, 6.07) is 4.72. The van der Waals surface area contributed by atoms with Crippen molar-refractivity contribution in [3.05, 3.63) is 28.5 Å². The highest BCUT2D eigenvalue weighted by Crippen LogP contribution is 2.26. The molecule has 19 heavy (non-hydrogen) atoms. The zero-order valence-corrected chi connectivity index (χ0v) is 12.9. The molecule has 0 spiro atoms. The summed E-state index contributed by atoms with van der Waals surface area (Å²) in [5, 5.41) is 3.73. The van der Waals surface area contributed by atoms with Crippen LogP contribution in [0.2, 0.25) is 0 Å². The van der Waals surface area contributed by atoms with Crippen molar-refractivity contribution in [3.63, 3.8) is 0 Å². The van der Waals surface area contributed by atoms with Gasteiger partial charge in [0.05, 0.1) is 5.69 Å². The minimum absolute atomic E-state index is 0.609. The van der Waals surface area contributed by atoms with Crippen molar-refractivity contribution in [1.82, 2.24) is 9.38 Å². The number of halogens is 1. The van der Waals surface area contributed by atoms with Crippen LogP contribution in [0, 0.1) is 0 Å². The third kappa shape index (κ3) is 2.64. The largest absolute Gasteiger partial charge is 0.367 e. The second-order valence-electron chi connectivity index (χ2n) is 5.32. The molecule has 0 aromatic carbocycles. The highest BCUT2D eigenvalue weighted by atomic mass is 79.9. The van der Waals surface area contributed by atoms with Crippen molar-refractivity contribution in [1.29, 1.82) is 0 Å². The highest BCUT2D eigenvalue weighted by molar-refractivity contribution is 9.10. The molecule has 0 saturated heterocycles. The molecule has 2 aromatic rings. The number of anilines is 1. The van der Waals surface area contributed by atoms with Gasteiger partial charge in [-0.1, -0.05) is 26.2 Å². The number of nitrogens with zero attached hydrogens (tertiary/aromatic N) is 2. The van der Waals surface area contributed by atoms with Crippen LogP contribution in [0.1, 0.15) is 44.7 Å². The maximum atomic E-state index is 4.72. The first-order valence-electron chi connectivity index (χ1n) is 7.21. The first-order valence-corrected chi connectivity index (χ1v) is 8.00. The van der Waals surface area contributed by atoms with Crippen molar-refractivity contribution in [2.45, 2.75) is 51.5 Å². The van der Waals surface area contributed by atoms with Gasteiger partial charge in [0.2, 0.25) is 0 Å². The van der Waals surface area contributed by atoms with Gasteiger partial charge >= 0.3 is 0 Å². The normalized spacial score (nSPS) is 16.9. The van der Waals surface area contributed by atoms with E-state index in [4.69, 9.17) is 4.98 Å². The number of fused-ring (bicyclic) bond motifs is 1. The van der Waals surface area contributed by atoms with E-state index in [1.165, 1.54) is 43.6 Å². The third-order valence-corrected chi connectivity index (χ3v) is 4.40.